The molecule has 1 aromatic heterocycles. The Labute approximate surface area is 106 Å². The van der Waals surface area contributed by atoms with Crippen LogP contribution in [0.5, 0.6) is 0 Å². The average Bonchev–Trinajstić information content (AvgIpc) is 2.60. The third kappa shape index (κ3) is 2.29. The Hall–Kier alpha value is -0.430. The highest BCUT2D eigenvalue weighted by atomic mass is 79.9. The Morgan fingerprint density at radius 1 is 1.69 bits per heavy atom. The van der Waals surface area contributed by atoms with Gasteiger partial charge in [0.15, 0.2) is 0 Å². The number of aliphatic hydroxyl groups excluding tert-OH is 1. The van der Waals surface area contributed by atoms with Crippen LogP contribution in [0.4, 0.5) is 0 Å². The molecule has 0 saturated carbocycles. The zero-order chi connectivity index (χ0) is 11.6. The number of thiophene rings is 1. The number of amides is 1. The van der Waals surface area contributed by atoms with E-state index >= 15 is 0 Å². The first kappa shape index (κ1) is 12.0. The molecular weight excluding hydrogens is 294 g/mol. The highest BCUT2D eigenvalue weighted by Gasteiger charge is 2.45. The molecular formula is C10H12BrNO3S. The van der Waals surface area contributed by atoms with Crippen LogP contribution in [0.3, 0.4) is 0 Å². The van der Waals surface area contributed by atoms with Crippen molar-refractivity contribution in [2.45, 2.75) is 6.54 Å². The molecule has 0 aliphatic carbocycles. The molecule has 2 N–H and O–H groups in total. The summed E-state index contributed by atoms with van der Waals surface area (Å²) in [6.45, 7) is 0.955. The monoisotopic (exact) mass is 305 g/mol. The molecule has 1 aromatic rings. The van der Waals surface area contributed by atoms with Gasteiger partial charge < -0.3 is 15.2 Å². The van der Waals surface area contributed by atoms with Gasteiger partial charge in [-0.3, -0.25) is 4.79 Å². The van der Waals surface area contributed by atoms with E-state index in [1.807, 2.05) is 11.4 Å². The number of rotatable bonds is 4. The molecule has 88 valence electrons. The van der Waals surface area contributed by atoms with E-state index in [0.717, 1.165) is 9.35 Å². The van der Waals surface area contributed by atoms with Gasteiger partial charge >= 0.3 is 0 Å². The van der Waals surface area contributed by atoms with Crippen LogP contribution in [0, 0.1) is 5.41 Å². The molecule has 1 fully saturated rings. The van der Waals surface area contributed by atoms with Gasteiger partial charge in [0.05, 0.1) is 26.4 Å². The number of halogens is 1. The molecule has 1 aliphatic rings. The molecule has 0 unspecified atom stereocenters. The van der Waals surface area contributed by atoms with Crippen LogP contribution in [0.1, 0.15) is 4.88 Å². The SMILES string of the molecule is O=C(NCc1cc(Br)cs1)C1(CO)COC1. The first-order valence-electron chi connectivity index (χ1n) is 4.86. The standard InChI is InChI=1S/C10H12BrNO3S/c11-7-1-8(16-3-7)2-12-9(14)10(4-13)5-15-6-10/h1,3,13H,2,4-6H2,(H,12,14). The zero-order valence-corrected chi connectivity index (χ0v) is 10.9. The van der Waals surface area contributed by atoms with E-state index in [-0.39, 0.29) is 12.5 Å². The lowest BCUT2D eigenvalue weighted by atomic mass is 9.86. The molecule has 2 heterocycles. The van der Waals surface area contributed by atoms with Gasteiger partial charge in [-0.05, 0) is 22.0 Å². The van der Waals surface area contributed by atoms with E-state index in [4.69, 9.17) is 9.84 Å². The molecule has 0 atom stereocenters. The molecule has 16 heavy (non-hydrogen) atoms. The average molecular weight is 306 g/mol. The molecule has 2 rings (SSSR count). The Kier molecular flexibility index (Phi) is 3.63. The first-order chi connectivity index (χ1) is 7.66. The van der Waals surface area contributed by atoms with Crippen molar-refractivity contribution in [3.8, 4) is 0 Å². The summed E-state index contributed by atoms with van der Waals surface area (Å²) < 4.78 is 6.00. The summed E-state index contributed by atoms with van der Waals surface area (Å²) in [4.78, 5) is 12.9. The fraction of sp³-hybridized carbons (Fsp3) is 0.500. The van der Waals surface area contributed by atoms with E-state index < -0.39 is 5.41 Å². The second-order valence-electron chi connectivity index (χ2n) is 3.85. The third-order valence-corrected chi connectivity index (χ3v) is 4.28. The fourth-order valence-corrected chi connectivity index (χ4v) is 2.83. The van der Waals surface area contributed by atoms with Gasteiger partial charge in [-0.1, -0.05) is 0 Å². The lowest BCUT2D eigenvalue weighted by Crippen LogP contribution is -2.56. The molecule has 0 bridgehead atoms. The van der Waals surface area contributed by atoms with E-state index in [1.165, 1.54) is 0 Å². The van der Waals surface area contributed by atoms with E-state index in [9.17, 15) is 4.79 Å². The molecule has 1 saturated heterocycles. The van der Waals surface area contributed by atoms with Crippen molar-refractivity contribution in [3.05, 3.63) is 20.8 Å². The largest absolute Gasteiger partial charge is 0.395 e. The summed E-state index contributed by atoms with van der Waals surface area (Å²) in [7, 11) is 0. The van der Waals surface area contributed by atoms with Crippen LogP contribution < -0.4 is 5.32 Å². The summed E-state index contributed by atoms with van der Waals surface area (Å²) in [5.41, 5.74) is -0.714. The summed E-state index contributed by atoms with van der Waals surface area (Å²) in [5, 5.41) is 13.9. The highest BCUT2D eigenvalue weighted by Crippen LogP contribution is 2.27. The first-order valence-corrected chi connectivity index (χ1v) is 6.53. The molecule has 1 amide bonds. The summed E-state index contributed by atoms with van der Waals surface area (Å²) >= 11 is 4.93. The molecule has 0 radical (unpaired) electrons. The normalized spacial score (nSPS) is 17.9. The maximum Gasteiger partial charge on any atom is 0.233 e. The van der Waals surface area contributed by atoms with Crippen LogP contribution in [-0.4, -0.2) is 30.8 Å². The minimum Gasteiger partial charge on any atom is -0.395 e. The van der Waals surface area contributed by atoms with Gasteiger partial charge in [-0.25, -0.2) is 0 Å². The maximum atomic E-state index is 11.8. The van der Waals surface area contributed by atoms with Crippen molar-refractivity contribution in [2.24, 2.45) is 5.41 Å². The van der Waals surface area contributed by atoms with Crippen LogP contribution in [0.2, 0.25) is 0 Å². The van der Waals surface area contributed by atoms with Gasteiger partial charge in [0.25, 0.3) is 0 Å². The topological polar surface area (TPSA) is 58.6 Å². The summed E-state index contributed by atoms with van der Waals surface area (Å²) in [5.74, 6) is -0.134. The number of aliphatic hydroxyl groups is 1. The number of hydrogen-bond donors (Lipinski definition) is 2. The Morgan fingerprint density at radius 2 is 2.44 bits per heavy atom. The van der Waals surface area contributed by atoms with Crippen LogP contribution in [0.15, 0.2) is 15.9 Å². The van der Waals surface area contributed by atoms with E-state index in [2.05, 4.69) is 21.2 Å². The fourth-order valence-electron chi connectivity index (χ4n) is 1.44. The lowest BCUT2D eigenvalue weighted by Gasteiger charge is -2.37. The Balaban J connectivity index is 1.88. The Bertz CT molecular complexity index is 384. The predicted molar refractivity (Wildman–Crippen MR) is 64.2 cm³/mol. The van der Waals surface area contributed by atoms with Crippen molar-refractivity contribution >= 4 is 33.2 Å². The number of ether oxygens (including phenoxy) is 1. The van der Waals surface area contributed by atoms with Gasteiger partial charge in [0.1, 0.15) is 5.41 Å². The van der Waals surface area contributed by atoms with Gasteiger partial charge in [0.2, 0.25) is 5.91 Å². The molecule has 1 aliphatic heterocycles. The number of carbonyl (C=O) groups excluding carboxylic acids is 1. The second kappa shape index (κ2) is 4.83. The van der Waals surface area contributed by atoms with Crippen LogP contribution in [0.25, 0.3) is 0 Å². The summed E-state index contributed by atoms with van der Waals surface area (Å²) in [6.07, 6.45) is 0. The number of nitrogens with one attached hydrogen (secondary N) is 1. The summed E-state index contributed by atoms with van der Waals surface area (Å²) in [6, 6.07) is 1.97. The maximum absolute atomic E-state index is 11.8. The van der Waals surface area contributed by atoms with Crippen molar-refractivity contribution < 1.29 is 14.6 Å². The lowest BCUT2D eigenvalue weighted by molar-refractivity contribution is -0.170. The van der Waals surface area contributed by atoms with Gasteiger partial charge in [-0.2, -0.15) is 0 Å². The van der Waals surface area contributed by atoms with E-state index in [1.54, 1.807) is 11.3 Å². The Morgan fingerprint density at radius 3 is 2.88 bits per heavy atom. The predicted octanol–water partition coefficient (Wildman–Crippen LogP) is 1.14. The van der Waals surface area contributed by atoms with Crippen molar-refractivity contribution in [1.29, 1.82) is 0 Å². The molecule has 0 aromatic carbocycles. The van der Waals surface area contributed by atoms with Crippen LogP contribution >= 0.6 is 27.3 Å². The number of carbonyl (C=O) groups is 1. The van der Waals surface area contributed by atoms with E-state index in [0.29, 0.717) is 19.8 Å². The minimum absolute atomic E-state index is 0.134. The minimum atomic E-state index is -0.714. The molecule has 0 spiro atoms. The van der Waals surface area contributed by atoms with Gasteiger partial charge in [-0.15, -0.1) is 11.3 Å². The smallest absolute Gasteiger partial charge is 0.233 e. The van der Waals surface area contributed by atoms with Gasteiger partial charge in [0, 0.05) is 14.7 Å². The molecule has 4 nitrogen and oxygen atoms in total. The van der Waals surface area contributed by atoms with Crippen molar-refractivity contribution in [1.82, 2.24) is 5.32 Å². The second-order valence-corrected chi connectivity index (χ2v) is 5.76. The quantitative estimate of drug-likeness (QED) is 0.877. The highest BCUT2D eigenvalue weighted by molar-refractivity contribution is 9.10. The molecule has 6 heteroatoms. The van der Waals surface area contributed by atoms with Crippen LogP contribution in [-0.2, 0) is 16.1 Å². The van der Waals surface area contributed by atoms with Crippen molar-refractivity contribution in [2.75, 3.05) is 19.8 Å². The third-order valence-electron chi connectivity index (χ3n) is 2.59. The number of hydrogen-bond acceptors (Lipinski definition) is 4. The zero-order valence-electron chi connectivity index (χ0n) is 8.53. The van der Waals surface area contributed by atoms with Crippen molar-refractivity contribution in [3.63, 3.8) is 0 Å².